The number of carbonyl (C=O) groups excluding carboxylic acids is 1. The molecule has 0 radical (unpaired) electrons. The Kier molecular flexibility index (Phi) is 4.85. The van der Waals surface area contributed by atoms with Crippen molar-refractivity contribution in [2.24, 2.45) is 0 Å². The third-order valence-corrected chi connectivity index (χ3v) is 2.29. The van der Waals surface area contributed by atoms with E-state index >= 15 is 0 Å². The molecule has 0 aromatic heterocycles. The van der Waals surface area contributed by atoms with Crippen LogP contribution in [0.3, 0.4) is 0 Å². The number of rotatable bonds is 2. The van der Waals surface area contributed by atoms with Crippen LogP contribution in [0.15, 0.2) is 0 Å². The highest BCUT2D eigenvalue weighted by atomic mass is 19.4. The highest BCUT2D eigenvalue weighted by molar-refractivity contribution is 5.72. The second kappa shape index (κ2) is 5.93. The second-order valence-electron chi connectivity index (χ2n) is 3.71. The minimum Gasteiger partial charge on any atom is -0.323 e. The van der Waals surface area contributed by atoms with Gasteiger partial charge in [-0.2, -0.15) is 13.2 Å². The highest BCUT2D eigenvalue weighted by Crippen LogP contribution is 2.14. The van der Waals surface area contributed by atoms with Crippen LogP contribution in [0.2, 0.25) is 0 Å². The van der Waals surface area contributed by atoms with Crippen LogP contribution in [0.1, 0.15) is 25.7 Å². The fourth-order valence-electron chi connectivity index (χ4n) is 1.52. The minimum atomic E-state index is -4.42. The lowest BCUT2D eigenvalue weighted by molar-refractivity contribution is -0.184. The molecule has 0 unspecified atom stereocenters. The van der Waals surface area contributed by atoms with Gasteiger partial charge < -0.3 is 4.90 Å². The Morgan fingerprint density at radius 3 is 2.25 bits per heavy atom. The van der Waals surface area contributed by atoms with Crippen molar-refractivity contribution < 1.29 is 22.8 Å². The fourth-order valence-corrected chi connectivity index (χ4v) is 1.52. The van der Waals surface area contributed by atoms with E-state index in [1.54, 1.807) is 5.48 Å². The molecule has 1 saturated heterocycles. The van der Waals surface area contributed by atoms with Gasteiger partial charge in [0.15, 0.2) is 6.61 Å². The number of nitrogens with zero attached hydrogens (tertiary/aromatic N) is 1. The van der Waals surface area contributed by atoms with Gasteiger partial charge in [-0.3, -0.25) is 4.84 Å². The molecule has 0 spiro atoms. The molecule has 16 heavy (non-hydrogen) atoms. The molecule has 1 aliphatic heterocycles. The van der Waals surface area contributed by atoms with E-state index in [-0.39, 0.29) is 0 Å². The van der Waals surface area contributed by atoms with Crippen LogP contribution in [0, 0.1) is 0 Å². The summed E-state index contributed by atoms with van der Waals surface area (Å²) in [5, 5.41) is 0. The van der Waals surface area contributed by atoms with E-state index in [9.17, 15) is 18.0 Å². The minimum absolute atomic E-state index is 0.571. The maximum atomic E-state index is 11.7. The Balaban J connectivity index is 2.23. The Bertz CT molecular complexity index is 225. The van der Waals surface area contributed by atoms with Crippen molar-refractivity contribution in [1.82, 2.24) is 10.4 Å². The predicted octanol–water partition coefficient (Wildman–Crippen LogP) is 2.07. The monoisotopic (exact) mass is 240 g/mol. The zero-order valence-electron chi connectivity index (χ0n) is 8.85. The molecule has 7 heteroatoms. The van der Waals surface area contributed by atoms with Crippen LogP contribution in [0.25, 0.3) is 0 Å². The van der Waals surface area contributed by atoms with E-state index in [1.807, 2.05) is 0 Å². The van der Waals surface area contributed by atoms with Crippen LogP contribution in [-0.2, 0) is 4.84 Å². The standard InChI is InChI=1S/C9H15F3N2O2/c10-9(11,12)7-16-13-8(15)14-5-3-1-2-4-6-14/h1-7H2,(H,13,15). The molecule has 0 aromatic rings. The van der Waals surface area contributed by atoms with Crippen molar-refractivity contribution in [2.75, 3.05) is 19.7 Å². The van der Waals surface area contributed by atoms with Gasteiger partial charge in [0.25, 0.3) is 0 Å². The molecule has 0 atom stereocenters. The Morgan fingerprint density at radius 2 is 1.75 bits per heavy atom. The van der Waals surface area contributed by atoms with Gasteiger partial charge in [-0.15, -0.1) is 0 Å². The molecular formula is C9H15F3N2O2. The third-order valence-electron chi connectivity index (χ3n) is 2.29. The summed E-state index contributed by atoms with van der Waals surface area (Å²) in [7, 11) is 0. The number of nitrogens with one attached hydrogen (secondary N) is 1. The first-order valence-electron chi connectivity index (χ1n) is 5.22. The molecule has 94 valence electrons. The van der Waals surface area contributed by atoms with Crippen LogP contribution in [0.4, 0.5) is 18.0 Å². The number of urea groups is 1. The molecule has 0 aliphatic carbocycles. The summed E-state index contributed by atoms with van der Waals surface area (Å²) in [6, 6.07) is -0.592. The molecule has 2 amide bonds. The van der Waals surface area contributed by atoms with Gasteiger partial charge in [0, 0.05) is 13.1 Å². The Labute approximate surface area is 91.7 Å². The van der Waals surface area contributed by atoms with Crippen molar-refractivity contribution in [2.45, 2.75) is 31.9 Å². The molecular weight excluding hydrogens is 225 g/mol. The summed E-state index contributed by atoms with van der Waals surface area (Å²) in [6.45, 7) is -0.324. The number of amides is 2. The zero-order valence-corrected chi connectivity index (χ0v) is 8.85. The van der Waals surface area contributed by atoms with E-state index in [2.05, 4.69) is 4.84 Å². The molecule has 4 nitrogen and oxygen atoms in total. The molecule has 1 rings (SSSR count). The van der Waals surface area contributed by atoms with E-state index in [0.29, 0.717) is 13.1 Å². The van der Waals surface area contributed by atoms with Gasteiger partial charge >= 0.3 is 12.2 Å². The maximum Gasteiger partial charge on any atom is 0.414 e. The van der Waals surface area contributed by atoms with E-state index in [0.717, 1.165) is 25.7 Å². The maximum absolute atomic E-state index is 11.7. The number of likely N-dealkylation sites (tertiary alicyclic amines) is 1. The van der Waals surface area contributed by atoms with E-state index in [1.165, 1.54) is 4.90 Å². The Morgan fingerprint density at radius 1 is 1.19 bits per heavy atom. The normalized spacial score (nSPS) is 18.1. The molecule has 0 bridgehead atoms. The third kappa shape index (κ3) is 5.20. The lowest BCUT2D eigenvalue weighted by Gasteiger charge is -2.20. The van der Waals surface area contributed by atoms with Crippen LogP contribution in [0.5, 0.6) is 0 Å². The SMILES string of the molecule is O=C(NOCC(F)(F)F)N1CCCCCC1. The quantitative estimate of drug-likeness (QED) is 0.751. The topological polar surface area (TPSA) is 41.6 Å². The van der Waals surface area contributed by atoms with Crippen molar-refractivity contribution in [3.63, 3.8) is 0 Å². The van der Waals surface area contributed by atoms with Crippen LogP contribution >= 0.6 is 0 Å². The predicted molar refractivity (Wildman–Crippen MR) is 50.6 cm³/mol. The number of carbonyl (C=O) groups is 1. The number of hydroxylamine groups is 1. The number of alkyl halides is 3. The fraction of sp³-hybridized carbons (Fsp3) is 0.889. The largest absolute Gasteiger partial charge is 0.414 e. The summed E-state index contributed by atoms with van der Waals surface area (Å²) >= 11 is 0. The Hall–Kier alpha value is -0.980. The number of hydrogen-bond donors (Lipinski definition) is 1. The van der Waals surface area contributed by atoms with Gasteiger partial charge in [-0.1, -0.05) is 12.8 Å². The number of hydrogen-bond acceptors (Lipinski definition) is 2. The van der Waals surface area contributed by atoms with Crippen LogP contribution in [-0.4, -0.2) is 36.8 Å². The average Bonchev–Trinajstić information content (AvgIpc) is 2.43. The van der Waals surface area contributed by atoms with Crippen LogP contribution < -0.4 is 5.48 Å². The summed E-state index contributed by atoms with van der Waals surface area (Å²) in [6.07, 6.45) is -0.564. The lowest BCUT2D eigenvalue weighted by Crippen LogP contribution is -2.41. The summed E-state index contributed by atoms with van der Waals surface area (Å²) < 4.78 is 35.2. The van der Waals surface area contributed by atoms with Gasteiger partial charge in [-0.25, -0.2) is 10.3 Å². The van der Waals surface area contributed by atoms with Crippen molar-refractivity contribution in [1.29, 1.82) is 0 Å². The molecule has 1 N–H and O–H groups in total. The number of halogens is 3. The van der Waals surface area contributed by atoms with Gasteiger partial charge in [-0.05, 0) is 12.8 Å². The van der Waals surface area contributed by atoms with Gasteiger partial charge in [0.1, 0.15) is 0 Å². The molecule has 0 aromatic carbocycles. The van der Waals surface area contributed by atoms with Crippen molar-refractivity contribution in [3.05, 3.63) is 0 Å². The van der Waals surface area contributed by atoms with E-state index in [4.69, 9.17) is 0 Å². The van der Waals surface area contributed by atoms with Gasteiger partial charge in [0.2, 0.25) is 0 Å². The van der Waals surface area contributed by atoms with Crippen molar-refractivity contribution >= 4 is 6.03 Å². The summed E-state index contributed by atoms with van der Waals surface area (Å²) in [4.78, 5) is 16.9. The average molecular weight is 240 g/mol. The zero-order chi connectivity index (χ0) is 12.0. The summed E-state index contributed by atoms with van der Waals surface area (Å²) in [5.74, 6) is 0. The van der Waals surface area contributed by atoms with E-state index < -0.39 is 18.8 Å². The first-order valence-corrected chi connectivity index (χ1v) is 5.22. The smallest absolute Gasteiger partial charge is 0.323 e. The first-order chi connectivity index (χ1) is 7.49. The second-order valence-corrected chi connectivity index (χ2v) is 3.71. The lowest BCUT2D eigenvalue weighted by atomic mass is 10.2. The molecule has 1 heterocycles. The van der Waals surface area contributed by atoms with Gasteiger partial charge in [0.05, 0.1) is 0 Å². The summed E-state index contributed by atoms with van der Waals surface area (Å²) in [5.41, 5.74) is 1.80. The first kappa shape index (κ1) is 13.1. The molecule has 1 aliphatic rings. The highest BCUT2D eigenvalue weighted by Gasteiger charge is 2.28. The van der Waals surface area contributed by atoms with Crippen molar-refractivity contribution in [3.8, 4) is 0 Å². The molecule has 1 fully saturated rings. The molecule has 0 saturated carbocycles.